The number of rotatable bonds is 12. The molecule has 0 radical (unpaired) electrons. The number of hydrogen-bond donors (Lipinski definition) is 1. The fraction of sp³-hybridized carbons (Fsp3) is 0.600. The van der Waals surface area contributed by atoms with Crippen molar-refractivity contribution in [1.29, 1.82) is 5.26 Å². The summed E-state index contributed by atoms with van der Waals surface area (Å²) in [4.78, 5) is 11.9. The first-order valence-corrected chi connectivity index (χ1v) is 9.02. The molecule has 1 amide bonds. The molecule has 0 bridgehead atoms. The van der Waals surface area contributed by atoms with Gasteiger partial charge in [-0.15, -0.1) is 0 Å². The van der Waals surface area contributed by atoms with Crippen molar-refractivity contribution in [3.63, 3.8) is 0 Å². The molecule has 0 aliphatic rings. The van der Waals surface area contributed by atoms with Gasteiger partial charge in [0, 0.05) is 6.42 Å². The van der Waals surface area contributed by atoms with Gasteiger partial charge in [-0.1, -0.05) is 88.6 Å². The van der Waals surface area contributed by atoms with E-state index in [1.54, 1.807) is 0 Å². The third kappa shape index (κ3) is 9.03. The first-order chi connectivity index (χ1) is 11.3. The topological polar surface area (TPSA) is 52.9 Å². The molecule has 1 aromatic rings. The summed E-state index contributed by atoms with van der Waals surface area (Å²) in [5, 5.41) is 12.0. The summed E-state index contributed by atoms with van der Waals surface area (Å²) in [5.74, 6) is -0.0247. The highest BCUT2D eigenvalue weighted by Crippen LogP contribution is 2.13. The van der Waals surface area contributed by atoms with Crippen LogP contribution >= 0.6 is 0 Å². The highest BCUT2D eigenvalue weighted by molar-refractivity contribution is 5.76. The second-order valence-corrected chi connectivity index (χ2v) is 6.12. The molecule has 126 valence electrons. The molecule has 0 aliphatic heterocycles. The van der Waals surface area contributed by atoms with Gasteiger partial charge < -0.3 is 5.32 Å². The van der Waals surface area contributed by atoms with Crippen molar-refractivity contribution in [3.05, 3.63) is 35.9 Å². The van der Waals surface area contributed by atoms with E-state index in [0.29, 0.717) is 6.42 Å². The van der Waals surface area contributed by atoms with Gasteiger partial charge in [-0.05, 0) is 12.0 Å². The van der Waals surface area contributed by atoms with Crippen LogP contribution in [0.2, 0.25) is 0 Å². The van der Waals surface area contributed by atoms with E-state index in [9.17, 15) is 10.1 Å². The van der Waals surface area contributed by atoms with E-state index in [-0.39, 0.29) is 5.91 Å². The molecule has 0 saturated heterocycles. The van der Waals surface area contributed by atoms with E-state index >= 15 is 0 Å². The number of benzene rings is 1. The lowest BCUT2D eigenvalue weighted by atomic mass is 10.1. The maximum Gasteiger partial charge on any atom is 0.221 e. The van der Waals surface area contributed by atoms with Crippen molar-refractivity contribution in [3.8, 4) is 6.07 Å². The SMILES string of the molecule is CCCCCCCCCCCC(=O)NC(C#N)c1ccccc1. The smallest absolute Gasteiger partial charge is 0.221 e. The minimum absolute atomic E-state index is 0.0247. The zero-order chi connectivity index (χ0) is 16.8. The summed E-state index contributed by atoms with van der Waals surface area (Å²) in [7, 11) is 0. The molecule has 3 nitrogen and oxygen atoms in total. The van der Waals surface area contributed by atoms with Crippen LogP contribution in [0.4, 0.5) is 0 Å². The van der Waals surface area contributed by atoms with Gasteiger partial charge in [-0.3, -0.25) is 4.79 Å². The molecule has 0 spiro atoms. The Morgan fingerprint density at radius 3 is 2.13 bits per heavy atom. The lowest BCUT2D eigenvalue weighted by Crippen LogP contribution is -2.27. The highest BCUT2D eigenvalue weighted by Gasteiger charge is 2.12. The second-order valence-electron chi connectivity index (χ2n) is 6.12. The zero-order valence-corrected chi connectivity index (χ0v) is 14.4. The van der Waals surface area contributed by atoms with Crippen LogP contribution in [0, 0.1) is 11.3 Å². The maximum absolute atomic E-state index is 11.9. The van der Waals surface area contributed by atoms with E-state index in [2.05, 4.69) is 18.3 Å². The van der Waals surface area contributed by atoms with Gasteiger partial charge in [0.25, 0.3) is 0 Å². The van der Waals surface area contributed by atoms with E-state index in [1.807, 2.05) is 30.3 Å². The Hall–Kier alpha value is -1.82. The standard InChI is InChI=1S/C20H30N2O/c1-2-3-4-5-6-7-8-9-13-16-20(23)22-19(17-21)18-14-11-10-12-15-18/h10-12,14-15,19H,2-9,13,16H2,1H3,(H,22,23). The Bertz CT molecular complexity index is 464. The van der Waals surface area contributed by atoms with Gasteiger partial charge in [-0.25, -0.2) is 0 Å². The summed E-state index contributed by atoms with van der Waals surface area (Å²) in [6.07, 6.45) is 11.7. The Kier molecular flexibility index (Phi) is 10.6. The Morgan fingerprint density at radius 2 is 1.57 bits per heavy atom. The van der Waals surface area contributed by atoms with Crippen LogP contribution in [0.5, 0.6) is 0 Å². The van der Waals surface area contributed by atoms with Crippen LogP contribution in [0.3, 0.4) is 0 Å². The van der Waals surface area contributed by atoms with Crippen molar-refractivity contribution in [2.24, 2.45) is 0 Å². The fourth-order valence-corrected chi connectivity index (χ4v) is 2.67. The van der Waals surface area contributed by atoms with Crippen LogP contribution in [0.1, 0.15) is 82.7 Å². The van der Waals surface area contributed by atoms with Gasteiger partial charge in [0.15, 0.2) is 0 Å². The number of carbonyl (C=O) groups excluding carboxylic acids is 1. The van der Waals surface area contributed by atoms with Gasteiger partial charge >= 0.3 is 0 Å². The normalized spacial score (nSPS) is 11.7. The number of amides is 1. The number of nitrogens with zero attached hydrogens (tertiary/aromatic N) is 1. The molecule has 1 atom stereocenters. The van der Waals surface area contributed by atoms with Crippen molar-refractivity contribution < 1.29 is 4.79 Å². The van der Waals surface area contributed by atoms with Crippen molar-refractivity contribution in [2.45, 2.75) is 77.2 Å². The molecule has 1 rings (SSSR count). The van der Waals surface area contributed by atoms with Crippen LogP contribution in [0.25, 0.3) is 0 Å². The maximum atomic E-state index is 11.9. The minimum Gasteiger partial charge on any atom is -0.337 e. The predicted octanol–water partition coefficient (Wildman–Crippen LogP) is 5.29. The van der Waals surface area contributed by atoms with Crippen molar-refractivity contribution in [2.75, 3.05) is 0 Å². The molecule has 0 aromatic heterocycles. The molecule has 1 aromatic carbocycles. The average Bonchev–Trinajstić information content (AvgIpc) is 2.59. The molecule has 1 N–H and O–H groups in total. The molecule has 23 heavy (non-hydrogen) atoms. The summed E-state index contributed by atoms with van der Waals surface area (Å²) in [6, 6.07) is 11.0. The number of nitrogens with one attached hydrogen (secondary N) is 1. The molecule has 1 unspecified atom stereocenters. The zero-order valence-electron chi connectivity index (χ0n) is 14.4. The number of unbranched alkanes of at least 4 members (excludes halogenated alkanes) is 8. The number of nitriles is 1. The molecule has 0 fully saturated rings. The van der Waals surface area contributed by atoms with Gasteiger partial charge in [-0.2, -0.15) is 5.26 Å². The lowest BCUT2D eigenvalue weighted by Gasteiger charge is -2.11. The fourth-order valence-electron chi connectivity index (χ4n) is 2.67. The molecule has 0 aliphatic carbocycles. The summed E-state index contributed by atoms with van der Waals surface area (Å²) < 4.78 is 0. The van der Waals surface area contributed by atoms with Gasteiger partial charge in [0.05, 0.1) is 6.07 Å². The van der Waals surface area contributed by atoms with Crippen LogP contribution in [0.15, 0.2) is 30.3 Å². The number of carbonyl (C=O) groups is 1. The van der Waals surface area contributed by atoms with E-state index in [4.69, 9.17) is 0 Å². The van der Waals surface area contributed by atoms with Crippen LogP contribution < -0.4 is 5.32 Å². The molecule has 0 heterocycles. The lowest BCUT2D eigenvalue weighted by molar-refractivity contribution is -0.121. The van der Waals surface area contributed by atoms with Gasteiger partial charge in [0.2, 0.25) is 5.91 Å². The average molecular weight is 314 g/mol. The first kappa shape index (κ1) is 19.2. The summed E-state index contributed by atoms with van der Waals surface area (Å²) in [5.41, 5.74) is 0.843. The van der Waals surface area contributed by atoms with Crippen molar-refractivity contribution in [1.82, 2.24) is 5.32 Å². The minimum atomic E-state index is -0.540. The quantitative estimate of drug-likeness (QED) is 0.533. The molecule has 3 heteroatoms. The molecule has 0 saturated carbocycles. The summed E-state index contributed by atoms with van der Waals surface area (Å²) in [6.45, 7) is 2.24. The van der Waals surface area contributed by atoms with E-state index in [1.165, 1.54) is 44.9 Å². The Labute approximate surface area is 141 Å². The second kappa shape index (κ2) is 12.7. The third-order valence-electron chi connectivity index (χ3n) is 4.07. The van der Waals surface area contributed by atoms with E-state index in [0.717, 1.165) is 18.4 Å². The predicted molar refractivity (Wildman–Crippen MR) is 94.8 cm³/mol. The monoisotopic (exact) mass is 314 g/mol. The van der Waals surface area contributed by atoms with Crippen LogP contribution in [-0.4, -0.2) is 5.91 Å². The Morgan fingerprint density at radius 1 is 1.00 bits per heavy atom. The van der Waals surface area contributed by atoms with Crippen molar-refractivity contribution >= 4 is 5.91 Å². The van der Waals surface area contributed by atoms with Crippen LogP contribution in [-0.2, 0) is 4.79 Å². The molecular weight excluding hydrogens is 284 g/mol. The largest absolute Gasteiger partial charge is 0.337 e. The third-order valence-corrected chi connectivity index (χ3v) is 4.07. The highest BCUT2D eigenvalue weighted by atomic mass is 16.1. The summed E-state index contributed by atoms with van der Waals surface area (Å²) >= 11 is 0. The molecular formula is C20H30N2O. The Balaban J connectivity index is 2.09. The number of hydrogen-bond acceptors (Lipinski definition) is 2. The van der Waals surface area contributed by atoms with E-state index < -0.39 is 6.04 Å². The van der Waals surface area contributed by atoms with Gasteiger partial charge in [0.1, 0.15) is 6.04 Å². The first-order valence-electron chi connectivity index (χ1n) is 9.02.